The molecule has 5 rings (SSSR count). The standard InChI is InChI=1S/C24H16Br2FN3OS/c25-14-4-7-16(8-5-14)30-23(22(29-24(30)32)19-3-1-2-12-28-19)21-11-10-20(31-21)17-9-6-15(26)13-18(17)27/h1-13,22-23H,(H,29,32). The van der Waals surface area contributed by atoms with Gasteiger partial charge in [0.15, 0.2) is 5.11 Å². The number of halogens is 3. The molecular weight excluding hydrogens is 557 g/mol. The molecule has 4 nitrogen and oxygen atoms in total. The minimum Gasteiger partial charge on any atom is -0.459 e. The molecule has 0 amide bonds. The molecule has 2 unspecified atom stereocenters. The number of pyridine rings is 1. The van der Waals surface area contributed by atoms with Crippen LogP contribution in [0.15, 0.2) is 92.4 Å². The first-order valence-electron chi connectivity index (χ1n) is 9.82. The van der Waals surface area contributed by atoms with Gasteiger partial charge in [-0.2, -0.15) is 0 Å². The third-order valence-electron chi connectivity index (χ3n) is 5.32. The molecule has 4 aromatic rings. The second-order valence-corrected chi connectivity index (χ2v) is 9.52. The Hall–Kier alpha value is -2.55. The summed E-state index contributed by atoms with van der Waals surface area (Å²) in [5.41, 5.74) is 2.16. The number of benzene rings is 2. The topological polar surface area (TPSA) is 41.3 Å². The zero-order valence-electron chi connectivity index (χ0n) is 16.5. The Bertz CT molecular complexity index is 1280. The monoisotopic (exact) mass is 571 g/mol. The fourth-order valence-corrected chi connectivity index (χ4v) is 4.81. The maximum Gasteiger partial charge on any atom is 0.174 e. The minimum absolute atomic E-state index is 0.235. The van der Waals surface area contributed by atoms with Crippen LogP contribution >= 0.6 is 44.1 Å². The Morgan fingerprint density at radius 2 is 1.75 bits per heavy atom. The summed E-state index contributed by atoms with van der Waals surface area (Å²) in [6.45, 7) is 0. The van der Waals surface area contributed by atoms with Crippen LogP contribution in [-0.4, -0.2) is 10.1 Å². The van der Waals surface area contributed by atoms with Gasteiger partial charge in [-0.1, -0.05) is 37.9 Å². The van der Waals surface area contributed by atoms with Gasteiger partial charge in [0.1, 0.15) is 23.4 Å². The number of furan rings is 1. The molecule has 1 saturated heterocycles. The van der Waals surface area contributed by atoms with Gasteiger partial charge in [-0.15, -0.1) is 0 Å². The van der Waals surface area contributed by atoms with Crippen LogP contribution in [0.2, 0.25) is 0 Å². The Labute approximate surface area is 206 Å². The van der Waals surface area contributed by atoms with E-state index in [0.29, 0.717) is 26.7 Å². The highest BCUT2D eigenvalue weighted by atomic mass is 79.9. The summed E-state index contributed by atoms with van der Waals surface area (Å²) in [5.74, 6) is 0.762. The Kier molecular flexibility index (Phi) is 5.84. The minimum atomic E-state index is -0.355. The molecule has 1 N–H and O–H groups in total. The van der Waals surface area contributed by atoms with Crippen molar-refractivity contribution in [1.82, 2.24) is 10.3 Å². The van der Waals surface area contributed by atoms with E-state index in [4.69, 9.17) is 16.6 Å². The van der Waals surface area contributed by atoms with Gasteiger partial charge in [0.05, 0.1) is 17.3 Å². The summed E-state index contributed by atoms with van der Waals surface area (Å²) in [7, 11) is 0. The van der Waals surface area contributed by atoms with Crippen LogP contribution in [-0.2, 0) is 0 Å². The van der Waals surface area contributed by atoms with Crippen LogP contribution in [0.3, 0.4) is 0 Å². The average Bonchev–Trinajstić information content (AvgIpc) is 3.39. The van der Waals surface area contributed by atoms with Crippen LogP contribution in [0.4, 0.5) is 10.1 Å². The lowest BCUT2D eigenvalue weighted by Gasteiger charge is -2.26. The largest absolute Gasteiger partial charge is 0.459 e. The maximum atomic E-state index is 14.6. The van der Waals surface area contributed by atoms with E-state index >= 15 is 0 Å². The summed E-state index contributed by atoms with van der Waals surface area (Å²) in [5, 5.41) is 3.96. The first-order valence-corrected chi connectivity index (χ1v) is 11.8. The van der Waals surface area contributed by atoms with Gasteiger partial charge in [0.2, 0.25) is 0 Å². The molecule has 0 bridgehead atoms. The normalized spacial score (nSPS) is 18.1. The number of anilines is 1. The van der Waals surface area contributed by atoms with Gasteiger partial charge in [-0.25, -0.2) is 4.39 Å². The molecule has 0 saturated carbocycles. The lowest BCUT2D eigenvalue weighted by atomic mass is 10.0. The van der Waals surface area contributed by atoms with Crippen molar-refractivity contribution in [3.8, 4) is 11.3 Å². The number of rotatable bonds is 4. The number of hydrogen-bond donors (Lipinski definition) is 1. The summed E-state index contributed by atoms with van der Waals surface area (Å²) < 4.78 is 22.4. The Morgan fingerprint density at radius 1 is 0.969 bits per heavy atom. The lowest BCUT2D eigenvalue weighted by Crippen LogP contribution is -2.29. The molecule has 0 radical (unpaired) electrons. The first kappa shape index (κ1) is 21.3. The Morgan fingerprint density at radius 3 is 2.47 bits per heavy atom. The lowest BCUT2D eigenvalue weighted by molar-refractivity contribution is 0.438. The zero-order chi connectivity index (χ0) is 22.2. The second kappa shape index (κ2) is 8.77. The van der Waals surface area contributed by atoms with Crippen LogP contribution in [0.25, 0.3) is 11.3 Å². The smallest absolute Gasteiger partial charge is 0.174 e. The van der Waals surface area contributed by atoms with Crippen molar-refractivity contribution in [1.29, 1.82) is 0 Å². The van der Waals surface area contributed by atoms with Gasteiger partial charge in [0.25, 0.3) is 0 Å². The van der Waals surface area contributed by atoms with Gasteiger partial charge < -0.3 is 14.6 Å². The molecule has 3 heterocycles. The highest BCUT2D eigenvalue weighted by Crippen LogP contribution is 2.43. The molecular formula is C24H16Br2FN3OS. The van der Waals surface area contributed by atoms with Crippen LogP contribution in [0, 0.1) is 5.82 Å². The van der Waals surface area contributed by atoms with E-state index in [0.717, 1.165) is 15.9 Å². The van der Waals surface area contributed by atoms with Crippen molar-refractivity contribution in [2.24, 2.45) is 0 Å². The molecule has 32 heavy (non-hydrogen) atoms. The van der Waals surface area contributed by atoms with Crippen molar-refractivity contribution in [2.45, 2.75) is 12.1 Å². The van der Waals surface area contributed by atoms with E-state index in [1.54, 1.807) is 24.4 Å². The predicted octanol–water partition coefficient (Wildman–Crippen LogP) is 7.18. The highest BCUT2D eigenvalue weighted by molar-refractivity contribution is 9.10. The van der Waals surface area contributed by atoms with Gasteiger partial charge in [0, 0.05) is 20.8 Å². The van der Waals surface area contributed by atoms with Gasteiger partial charge >= 0.3 is 0 Å². The summed E-state index contributed by atoms with van der Waals surface area (Å²) in [6.07, 6.45) is 1.75. The second-order valence-electron chi connectivity index (χ2n) is 7.30. The molecule has 2 atom stereocenters. The SMILES string of the molecule is Fc1cc(Br)ccc1-c1ccc(C2C(c3ccccn3)NC(=S)N2c2ccc(Br)cc2)o1. The first-order chi connectivity index (χ1) is 15.5. The number of nitrogens with zero attached hydrogens (tertiary/aromatic N) is 2. The summed E-state index contributed by atoms with van der Waals surface area (Å²) >= 11 is 12.5. The molecule has 160 valence electrons. The van der Waals surface area contributed by atoms with Crippen molar-refractivity contribution >= 4 is 54.9 Å². The van der Waals surface area contributed by atoms with Crippen molar-refractivity contribution in [3.05, 3.63) is 105 Å². The number of aromatic nitrogens is 1. The Balaban J connectivity index is 1.60. The predicted molar refractivity (Wildman–Crippen MR) is 134 cm³/mol. The molecule has 8 heteroatoms. The van der Waals surface area contributed by atoms with Crippen molar-refractivity contribution < 1.29 is 8.81 Å². The fourth-order valence-electron chi connectivity index (χ4n) is 3.87. The van der Waals surface area contributed by atoms with E-state index in [9.17, 15) is 4.39 Å². The molecule has 2 aromatic heterocycles. The number of nitrogens with one attached hydrogen (secondary N) is 1. The zero-order valence-corrected chi connectivity index (χ0v) is 20.5. The molecule has 0 aliphatic carbocycles. The van der Waals surface area contributed by atoms with Crippen molar-refractivity contribution in [2.75, 3.05) is 4.90 Å². The third kappa shape index (κ3) is 3.98. The summed E-state index contributed by atoms with van der Waals surface area (Å²) in [4.78, 5) is 6.55. The summed E-state index contributed by atoms with van der Waals surface area (Å²) in [6, 6.07) is 21.7. The maximum absolute atomic E-state index is 14.6. The van der Waals surface area contributed by atoms with Gasteiger partial charge in [-0.3, -0.25) is 4.98 Å². The highest BCUT2D eigenvalue weighted by Gasteiger charge is 2.42. The van der Waals surface area contributed by atoms with E-state index < -0.39 is 0 Å². The van der Waals surface area contributed by atoms with E-state index in [-0.39, 0.29) is 17.9 Å². The molecule has 2 aromatic carbocycles. The van der Waals surface area contributed by atoms with E-state index in [1.165, 1.54) is 6.07 Å². The third-order valence-corrected chi connectivity index (χ3v) is 6.65. The number of hydrogen-bond acceptors (Lipinski definition) is 3. The van der Waals surface area contributed by atoms with Crippen LogP contribution in [0.5, 0.6) is 0 Å². The average molecular weight is 573 g/mol. The molecule has 1 aliphatic heterocycles. The molecule has 1 aliphatic rings. The van der Waals surface area contributed by atoms with E-state index in [1.807, 2.05) is 53.4 Å². The van der Waals surface area contributed by atoms with Gasteiger partial charge in [-0.05, 0) is 78.9 Å². The number of thiocarbonyl (C=S) groups is 1. The fraction of sp³-hybridized carbons (Fsp3) is 0.0833. The van der Waals surface area contributed by atoms with E-state index in [2.05, 4.69) is 42.2 Å². The van der Waals surface area contributed by atoms with Crippen LogP contribution < -0.4 is 10.2 Å². The van der Waals surface area contributed by atoms with Crippen molar-refractivity contribution in [3.63, 3.8) is 0 Å². The quantitative estimate of drug-likeness (QED) is 0.262. The molecule has 1 fully saturated rings. The molecule has 0 spiro atoms. The van der Waals surface area contributed by atoms with Crippen LogP contribution in [0.1, 0.15) is 23.5 Å².